The van der Waals surface area contributed by atoms with Crippen LogP contribution in [0.25, 0.3) is 6.08 Å². The van der Waals surface area contributed by atoms with Crippen LogP contribution in [0.4, 0.5) is 5.82 Å². The average Bonchev–Trinajstić information content (AvgIpc) is 2.99. The molecule has 3 rings (SSSR count). The minimum Gasteiger partial charge on any atom is -0.486 e. The van der Waals surface area contributed by atoms with Gasteiger partial charge in [-0.15, -0.1) is 0 Å². The van der Waals surface area contributed by atoms with E-state index in [-0.39, 0.29) is 11.3 Å². The maximum absolute atomic E-state index is 7.82. The van der Waals surface area contributed by atoms with Gasteiger partial charge in [-0.1, -0.05) is 33.4 Å². The molecule has 0 aliphatic carbocycles. The molecule has 0 amide bonds. The molecule has 30 heavy (non-hydrogen) atoms. The number of benzene rings is 1. The molecule has 0 saturated carbocycles. The first-order valence-electron chi connectivity index (χ1n) is 10.1. The normalized spacial score (nSPS) is 13.3. The zero-order valence-corrected chi connectivity index (χ0v) is 18.0. The number of anilines is 1. The number of nitrogens with one attached hydrogen (secondary N) is 2. The number of nitrogens with two attached hydrogens (primary N) is 2. The fraction of sp³-hybridized carbons (Fsp3) is 0.455. The van der Waals surface area contributed by atoms with E-state index in [2.05, 4.69) is 37.7 Å². The van der Waals surface area contributed by atoms with Crippen molar-refractivity contribution in [1.29, 1.82) is 5.41 Å². The number of fused-ring (bicyclic) bond motifs is 1. The third kappa shape index (κ3) is 4.94. The molecule has 1 aromatic heterocycles. The molecule has 1 aliphatic rings. The minimum absolute atomic E-state index is 0.138. The molecule has 6 N–H and O–H groups in total. The Bertz CT molecular complexity index is 942. The van der Waals surface area contributed by atoms with Crippen molar-refractivity contribution in [3.63, 3.8) is 0 Å². The SMILES string of the molecule is C=Cc1cc2c(cc1Cc1nc(C(=N)N)c(N)n1CCNCC(C)(C)C)OCCO2. The molecule has 8 nitrogen and oxygen atoms in total. The zero-order valence-electron chi connectivity index (χ0n) is 18.0. The Hall–Kier alpha value is -3.00. The summed E-state index contributed by atoms with van der Waals surface area (Å²) in [5, 5.41) is 11.3. The number of ether oxygens (including phenoxy) is 2. The maximum atomic E-state index is 7.82. The second-order valence-corrected chi connectivity index (χ2v) is 8.64. The molecule has 0 spiro atoms. The summed E-state index contributed by atoms with van der Waals surface area (Å²) in [6, 6.07) is 3.90. The highest BCUT2D eigenvalue weighted by molar-refractivity contribution is 5.97. The Labute approximate surface area is 177 Å². The van der Waals surface area contributed by atoms with Gasteiger partial charge in [-0.05, 0) is 28.7 Å². The van der Waals surface area contributed by atoms with Crippen LogP contribution in [0.1, 0.15) is 43.4 Å². The fourth-order valence-corrected chi connectivity index (χ4v) is 3.41. The lowest BCUT2D eigenvalue weighted by Gasteiger charge is -2.21. The van der Waals surface area contributed by atoms with Crippen LogP contribution in [0.5, 0.6) is 11.5 Å². The minimum atomic E-state index is -0.138. The molecule has 2 aromatic rings. The van der Waals surface area contributed by atoms with Crippen LogP contribution in [-0.4, -0.2) is 41.7 Å². The standard InChI is InChI=1S/C22H32N6O2/c1-5-14-10-16-17(30-9-8-29-16)11-15(14)12-18-27-19(20(23)24)21(25)28(18)7-6-26-13-22(2,3)4/h5,10-11,26H,1,6-9,12-13,25H2,2-4H3,(H3,23,24). The number of imidazole rings is 1. The quantitative estimate of drug-likeness (QED) is 0.300. The van der Waals surface area contributed by atoms with E-state index in [1.165, 1.54) is 0 Å². The van der Waals surface area contributed by atoms with Gasteiger partial charge in [0.2, 0.25) is 0 Å². The molecule has 0 saturated heterocycles. The molecule has 0 fully saturated rings. The summed E-state index contributed by atoms with van der Waals surface area (Å²) in [5.74, 6) is 2.45. The van der Waals surface area contributed by atoms with Crippen LogP contribution >= 0.6 is 0 Å². The van der Waals surface area contributed by atoms with Gasteiger partial charge < -0.3 is 30.8 Å². The lowest BCUT2D eigenvalue weighted by molar-refractivity contribution is 0.171. The number of hydrogen-bond acceptors (Lipinski definition) is 6. The molecular weight excluding hydrogens is 380 g/mol. The average molecular weight is 413 g/mol. The Morgan fingerprint density at radius 2 is 1.97 bits per heavy atom. The summed E-state index contributed by atoms with van der Waals surface area (Å²) in [7, 11) is 0. The van der Waals surface area contributed by atoms with E-state index >= 15 is 0 Å². The smallest absolute Gasteiger partial charge is 0.161 e. The molecule has 8 heteroatoms. The first-order chi connectivity index (χ1) is 14.2. The highest BCUT2D eigenvalue weighted by atomic mass is 16.6. The summed E-state index contributed by atoms with van der Waals surface area (Å²) < 4.78 is 13.3. The molecule has 2 heterocycles. The maximum Gasteiger partial charge on any atom is 0.161 e. The van der Waals surface area contributed by atoms with Crippen LogP contribution in [0.2, 0.25) is 0 Å². The molecule has 0 unspecified atom stereocenters. The van der Waals surface area contributed by atoms with Crippen LogP contribution in [0.15, 0.2) is 18.7 Å². The van der Waals surface area contributed by atoms with Gasteiger partial charge in [0, 0.05) is 26.1 Å². The van der Waals surface area contributed by atoms with Crippen molar-refractivity contribution in [2.24, 2.45) is 11.1 Å². The van der Waals surface area contributed by atoms with Crippen molar-refractivity contribution in [2.75, 3.05) is 32.0 Å². The van der Waals surface area contributed by atoms with E-state index in [1.807, 2.05) is 16.7 Å². The van der Waals surface area contributed by atoms with E-state index in [0.29, 0.717) is 43.4 Å². The molecule has 1 aliphatic heterocycles. The molecule has 0 bridgehead atoms. The number of aromatic nitrogens is 2. The molecule has 1 aromatic carbocycles. The predicted molar refractivity (Wildman–Crippen MR) is 120 cm³/mol. The Kier molecular flexibility index (Phi) is 6.36. The third-order valence-electron chi connectivity index (χ3n) is 4.88. The summed E-state index contributed by atoms with van der Waals surface area (Å²) in [6.45, 7) is 13.8. The van der Waals surface area contributed by atoms with Gasteiger partial charge in [-0.25, -0.2) is 4.98 Å². The summed E-state index contributed by atoms with van der Waals surface area (Å²) in [5.41, 5.74) is 14.5. The Morgan fingerprint density at radius 3 is 2.57 bits per heavy atom. The van der Waals surface area contributed by atoms with Crippen molar-refractivity contribution in [1.82, 2.24) is 14.9 Å². The largest absolute Gasteiger partial charge is 0.486 e. The van der Waals surface area contributed by atoms with Crippen LogP contribution in [0.3, 0.4) is 0 Å². The Balaban J connectivity index is 1.88. The van der Waals surface area contributed by atoms with E-state index in [4.69, 9.17) is 26.4 Å². The van der Waals surface area contributed by atoms with Crippen molar-refractivity contribution in [3.05, 3.63) is 41.4 Å². The highest BCUT2D eigenvalue weighted by Crippen LogP contribution is 2.34. The number of nitrogens with zero attached hydrogens (tertiary/aromatic N) is 2. The molecular formula is C22H32N6O2. The Morgan fingerprint density at radius 1 is 1.30 bits per heavy atom. The first-order valence-corrected chi connectivity index (χ1v) is 10.1. The zero-order chi connectivity index (χ0) is 21.9. The van der Waals surface area contributed by atoms with Gasteiger partial charge >= 0.3 is 0 Å². The van der Waals surface area contributed by atoms with Crippen molar-refractivity contribution in [2.45, 2.75) is 33.7 Å². The first kappa shape index (κ1) is 21.7. The van der Waals surface area contributed by atoms with E-state index < -0.39 is 0 Å². The molecule has 0 atom stereocenters. The number of amidine groups is 1. The van der Waals surface area contributed by atoms with Crippen molar-refractivity contribution in [3.8, 4) is 11.5 Å². The fourth-order valence-electron chi connectivity index (χ4n) is 3.41. The summed E-state index contributed by atoms with van der Waals surface area (Å²) in [4.78, 5) is 4.57. The summed E-state index contributed by atoms with van der Waals surface area (Å²) >= 11 is 0. The van der Waals surface area contributed by atoms with Crippen LogP contribution < -0.4 is 26.3 Å². The van der Waals surface area contributed by atoms with Crippen molar-refractivity contribution < 1.29 is 9.47 Å². The van der Waals surface area contributed by atoms with E-state index in [0.717, 1.165) is 35.8 Å². The monoisotopic (exact) mass is 412 g/mol. The second-order valence-electron chi connectivity index (χ2n) is 8.64. The topological polar surface area (TPSA) is 124 Å². The lowest BCUT2D eigenvalue weighted by Crippen LogP contribution is -2.30. The molecule has 0 radical (unpaired) electrons. The molecule has 162 valence electrons. The van der Waals surface area contributed by atoms with Gasteiger partial charge in [-0.3, -0.25) is 5.41 Å². The van der Waals surface area contributed by atoms with Gasteiger partial charge in [0.15, 0.2) is 11.5 Å². The van der Waals surface area contributed by atoms with Gasteiger partial charge in [0.05, 0.1) is 0 Å². The van der Waals surface area contributed by atoms with Gasteiger partial charge in [0.1, 0.15) is 36.4 Å². The highest BCUT2D eigenvalue weighted by Gasteiger charge is 2.20. The van der Waals surface area contributed by atoms with Crippen LogP contribution in [-0.2, 0) is 13.0 Å². The van der Waals surface area contributed by atoms with Gasteiger partial charge in [0.25, 0.3) is 0 Å². The van der Waals surface area contributed by atoms with E-state index in [9.17, 15) is 0 Å². The van der Waals surface area contributed by atoms with Crippen LogP contribution in [0, 0.1) is 10.8 Å². The van der Waals surface area contributed by atoms with Crippen molar-refractivity contribution >= 4 is 17.7 Å². The van der Waals surface area contributed by atoms with Gasteiger partial charge in [-0.2, -0.15) is 0 Å². The van der Waals surface area contributed by atoms with E-state index in [1.54, 1.807) is 6.08 Å². The number of nitrogen functional groups attached to an aromatic ring is 2. The third-order valence-corrected chi connectivity index (χ3v) is 4.88. The summed E-state index contributed by atoms with van der Waals surface area (Å²) in [6.07, 6.45) is 2.30. The predicted octanol–water partition coefficient (Wildman–Crippen LogP) is 2.39. The lowest BCUT2D eigenvalue weighted by atomic mass is 9.97. The number of rotatable bonds is 8. The second kappa shape index (κ2) is 8.79. The number of hydrogen-bond donors (Lipinski definition) is 4.